The van der Waals surface area contributed by atoms with E-state index < -0.39 is 0 Å². The molecule has 2 N–H and O–H groups in total. The van der Waals surface area contributed by atoms with E-state index in [0.29, 0.717) is 5.92 Å². The molecule has 0 fully saturated rings. The normalized spacial score (nSPS) is 31.3. The summed E-state index contributed by atoms with van der Waals surface area (Å²) in [6.45, 7) is 18.9. The summed E-state index contributed by atoms with van der Waals surface area (Å²) in [5, 5.41) is 6.61. The van der Waals surface area contributed by atoms with Gasteiger partial charge in [0.05, 0.1) is 28.2 Å². The number of allylic oxidation sites excluding steroid dienone is 3. The maximum Gasteiger partial charge on any atom is 0.0876 e. The van der Waals surface area contributed by atoms with Crippen molar-refractivity contribution in [2.75, 3.05) is 0 Å². The Bertz CT molecular complexity index is 1470. The van der Waals surface area contributed by atoms with Gasteiger partial charge in [-0.2, -0.15) is 0 Å². The lowest BCUT2D eigenvalue weighted by Crippen LogP contribution is -2.61. The summed E-state index contributed by atoms with van der Waals surface area (Å²) in [6.07, 6.45) is 19.5. The van der Waals surface area contributed by atoms with E-state index in [0.717, 1.165) is 73.5 Å². The Balaban J connectivity index is 1.90. The number of aliphatic imine (C=N–C) groups is 2. The van der Waals surface area contributed by atoms with E-state index in [1.54, 1.807) is 16.7 Å². The maximum atomic E-state index is 5.82. The molecule has 40 heavy (non-hydrogen) atoms. The van der Waals surface area contributed by atoms with Crippen LogP contribution in [0.5, 0.6) is 0 Å². The SMILES string of the molecule is CCC1=C(CC)C2(CC)N=C1C=c1ccc([nH]1)=CC1=NC(=CC3(CC)NC(CC)(C(CC)=C3CC)C2CC)C=C1. The van der Waals surface area contributed by atoms with Crippen molar-refractivity contribution in [1.82, 2.24) is 10.3 Å². The van der Waals surface area contributed by atoms with Crippen LogP contribution in [0.4, 0.5) is 0 Å². The molecule has 0 saturated heterocycles. The van der Waals surface area contributed by atoms with Crippen LogP contribution in [0.2, 0.25) is 0 Å². The van der Waals surface area contributed by atoms with E-state index >= 15 is 0 Å². The molecule has 0 aliphatic carbocycles. The Labute approximate surface area is 241 Å². The number of hydrogen-bond donors (Lipinski definition) is 2. The van der Waals surface area contributed by atoms with Gasteiger partial charge in [0.1, 0.15) is 0 Å². The summed E-state index contributed by atoms with van der Waals surface area (Å²) in [7, 11) is 0. The third-order valence-corrected chi connectivity index (χ3v) is 10.5. The van der Waals surface area contributed by atoms with Crippen LogP contribution in [-0.4, -0.2) is 33.0 Å². The summed E-state index contributed by atoms with van der Waals surface area (Å²) in [6, 6.07) is 4.34. The quantitative estimate of drug-likeness (QED) is 0.337. The zero-order valence-corrected chi connectivity index (χ0v) is 26.2. The van der Waals surface area contributed by atoms with Crippen LogP contribution in [0.15, 0.2) is 68.3 Å². The Morgan fingerprint density at radius 2 is 1.45 bits per heavy atom. The number of aromatic nitrogens is 1. The molecule has 5 heterocycles. The number of nitrogens with zero attached hydrogens (tertiary/aromatic N) is 2. The Kier molecular flexibility index (Phi) is 7.87. The monoisotopic (exact) mass is 538 g/mol. The van der Waals surface area contributed by atoms with E-state index in [4.69, 9.17) is 9.98 Å². The molecule has 5 rings (SSSR count). The molecule has 0 aromatic carbocycles. The van der Waals surface area contributed by atoms with Crippen molar-refractivity contribution in [2.45, 2.75) is 123 Å². The molecule has 8 bridgehead atoms. The van der Waals surface area contributed by atoms with E-state index in [1.165, 1.54) is 11.3 Å². The van der Waals surface area contributed by atoms with E-state index in [-0.39, 0.29) is 16.6 Å². The molecule has 214 valence electrons. The lowest BCUT2D eigenvalue weighted by atomic mass is 9.61. The Morgan fingerprint density at radius 3 is 2.02 bits per heavy atom. The van der Waals surface area contributed by atoms with Crippen molar-refractivity contribution in [2.24, 2.45) is 15.9 Å². The van der Waals surface area contributed by atoms with Crippen LogP contribution in [0, 0.1) is 5.92 Å². The van der Waals surface area contributed by atoms with E-state index in [2.05, 4.69) is 108 Å². The molecular weight excluding hydrogens is 488 g/mol. The highest BCUT2D eigenvalue weighted by Crippen LogP contribution is 2.56. The number of aromatic amines is 1. The minimum Gasteiger partial charge on any atom is -0.355 e. The number of hydrogen-bond acceptors (Lipinski definition) is 3. The molecule has 4 aliphatic heterocycles. The van der Waals surface area contributed by atoms with E-state index in [9.17, 15) is 0 Å². The first kappa shape index (κ1) is 28.8. The fourth-order valence-corrected chi connectivity index (χ4v) is 8.95. The summed E-state index contributed by atoms with van der Waals surface area (Å²) in [5.74, 6) is 0.347. The standard InChI is InChI=1S/C36H50N4/c1-9-28-29(10-2)35(15-7)33(13-5)36(16-8)31(12-4)30(11-3)34(14-6,40-36)23-27-20-19-25(38-27)21-24-17-18-26(37-24)22-32(28)39-35/h17-23,33,37,40H,9-16H2,1-8H3. The first-order valence-corrected chi connectivity index (χ1v) is 16.1. The second kappa shape index (κ2) is 10.9. The fraction of sp³-hybridized carbons (Fsp3) is 0.556. The third kappa shape index (κ3) is 4.12. The Hall–Kier alpha value is -2.72. The summed E-state index contributed by atoms with van der Waals surface area (Å²) >= 11 is 0. The minimum atomic E-state index is -0.225. The summed E-state index contributed by atoms with van der Waals surface area (Å²) in [4.78, 5) is 14.5. The van der Waals surface area contributed by atoms with Crippen molar-refractivity contribution < 1.29 is 0 Å². The lowest BCUT2D eigenvalue weighted by molar-refractivity contribution is 0.144. The van der Waals surface area contributed by atoms with Gasteiger partial charge in [0.25, 0.3) is 0 Å². The van der Waals surface area contributed by atoms with Crippen LogP contribution in [-0.2, 0) is 0 Å². The molecule has 4 heteroatoms. The molecule has 4 aliphatic rings. The van der Waals surface area contributed by atoms with Gasteiger partial charge in [-0.25, -0.2) is 4.99 Å². The number of H-pyrrole nitrogens is 1. The van der Waals surface area contributed by atoms with Crippen LogP contribution < -0.4 is 16.0 Å². The second-order valence-corrected chi connectivity index (χ2v) is 11.9. The molecule has 1 aromatic rings. The topological polar surface area (TPSA) is 52.5 Å². The van der Waals surface area contributed by atoms with Gasteiger partial charge in [-0.05, 0) is 116 Å². The fourth-order valence-electron chi connectivity index (χ4n) is 8.95. The van der Waals surface area contributed by atoms with E-state index in [1.807, 2.05) is 0 Å². The number of fused-ring (bicyclic) bond motifs is 6. The van der Waals surface area contributed by atoms with Gasteiger partial charge in [-0.1, -0.05) is 55.4 Å². The molecule has 0 amide bonds. The van der Waals surface area contributed by atoms with Gasteiger partial charge in [-0.3, -0.25) is 10.3 Å². The predicted octanol–water partition coefficient (Wildman–Crippen LogP) is 7.25. The number of nitrogens with one attached hydrogen (secondary N) is 2. The van der Waals surface area contributed by atoms with Crippen molar-refractivity contribution >= 4 is 23.6 Å². The van der Waals surface area contributed by atoms with Gasteiger partial charge in [-0.15, -0.1) is 0 Å². The lowest BCUT2D eigenvalue weighted by Gasteiger charge is -2.50. The number of rotatable bonds is 8. The van der Waals surface area contributed by atoms with Crippen molar-refractivity contribution in [3.63, 3.8) is 0 Å². The van der Waals surface area contributed by atoms with Gasteiger partial charge >= 0.3 is 0 Å². The second-order valence-electron chi connectivity index (χ2n) is 11.9. The van der Waals surface area contributed by atoms with Crippen LogP contribution in [0.3, 0.4) is 0 Å². The highest BCUT2D eigenvalue weighted by atomic mass is 15.1. The molecule has 4 unspecified atom stereocenters. The predicted molar refractivity (Wildman–Crippen MR) is 172 cm³/mol. The van der Waals surface area contributed by atoms with Crippen molar-refractivity contribution in [3.8, 4) is 0 Å². The zero-order chi connectivity index (χ0) is 28.7. The highest BCUT2D eigenvalue weighted by Gasteiger charge is 2.59. The molecular formula is C36H50N4. The molecule has 0 spiro atoms. The molecule has 4 atom stereocenters. The summed E-state index contributed by atoms with van der Waals surface area (Å²) in [5.41, 5.74) is 8.85. The van der Waals surface area contributed by atoms with Crippen LogP contribution >= 0.6 is 0 Å². The largest absolute Gasteiger partial charge is 0.355 e. The first-order valence-electron chi connectivity index (χ1n) is 16.1. The molecule has 1 aromatic heterocycles. The smallest absolute Gasteiger partial charge is 0.0876 e. The first-order chi connectivity index (χ1) is 19.3. The maximum absolute atomic E-state index is 5.82. The molecule has 0 radical (unpaired) electrons. The third-order valence-electron chi connectivity index (χ3n) is 10.5. The minimum absolute atomic E-state index is 0.131. The Morgan fingerprint density at radius 1 is 0.750 bits per heavy atom. The zero-order valence-electron chi connectivity index (χ0n) is 26.2. The van der Waals surface area contributed by atoms with Crippen LogP contribution in [0.1, 0.15) is 107 Å². The average molecular weight is 539 g/mol. The van der Waals surface area contributed by atoms with Gasteiger partial charge in [0, 0.05) is 22.2 Å². The molecule has 4 nitrogen and oxygen atoms in total. The van der Waals surface area contributed by atoms with Crippen molar-refractivity contribution in [1.29, 1.82) is 0 Å². The van der Waals surface area contributed by atoms with Crippen molar-refractivity contribution in [3.05, 3.63) is 69.0 Å². The average Bonchev–Trinajstić information content (AvgIpc) is 3.72. The summed E-state index contributed by atoms with van der Waals surface area (Å²) < 4.78 is 0. The van der Waals surface area contributed by atoms with Gasteiger partial charge in [0.2, 0.25) is 0 Å². The molecule has 0 saturated carbocycles. The van der Waals surface area contributed by atoms with Gasteiger partial charge < -0.3 is 4.98 Å². The van der Waals surface area contributed by atoms with Gasteiger partial charge in [0.15, 0.2) is 0 Å². The van der Waals surface area contributed by atoms with Crippen LogP contribution in [0.25, 0.3) is 12.2 Å². The highest BCUT2D eigenvalue weighted by molar-refractivity contribution is 6.22.